The highest BCUT2D eigenvalue weighted by atomic mass is 35.5. The molecule has 0 amide bonds. The Morgan fingerprint density at radius 1 is 1.06 bits per heavy atom. The monoisotopic (exact) mass is 297 g/mol. The summed E-state index contributed by atoms with van der Waals surface area (Å²) in [7, 11) is 1.94. The van der Waals surface area contributed by atoms with Gasteiger partial charge in [0.25, 0.3) is 0 Å². The van der Waals surface area contributed by atoms with Gasteiger partial charge in [0, 0.05) is 21.4 Å². The molecule has 0 bridgehead atoms. The van der Waals surface area contributed by atoms with E-state index in [2.05, 4.69) is 29.6 Å². The third-order valence-electron chi connectivity index (χ3n) is 2.43. The molecule has 0 saturated carbocycles. The summed E-state index contributed by atoms with van der Waals surface area (Å²) in [6.07, 6.45) is 0. The Kier molecular flexibility index (Phi) is 4.95. The first-order valence-corrected chi connectivity index (χ1v) is 7.13. The minimum atomic E-state index is 0.703. The first-order chi connectivity index (χ1) is 8.69. The first-order valence-electron chi connectivity index (χ1n) is 5.55. The van der Waals surface area contributed by atoms with Gasteiger partial charge in [0.2, 0.25) is 0 Å². The minimum absolute atomic E-state index is 0.703. The first kappa shape index (κ1) is 13.8. The van der Waals surface area contributed by atoms with Crippen molar-refractivity contribution in [1.82, 2.24) is 5.32 Å². The lowest BCUT2D eigenvalue weighted by atomic mass is 10.2. The molecular formula is C14H13Cl2NS. The van der Waals surface area contributed by atoms with Crippen molar-refractivity contribution in [3.8, 4) is 0 Å². The second kappa shape index (κ2) is 6.48. The zero-order valence-corrected chi connectivity index (χ0v) is 12.2. The van der Waals surface area contributed by atoms with Gasteiger partial charge in [-0.25, -0.2) is 0 Å². The van der Waals surface area contributed by atoms with Gasteiger partial charge in [-0.05, 0) is 42.9 Å². The SMILES string of the molecule is CNCc1ccc(Sc2cc(Cl)ccc2Cl)cc1. The normalized spacial score (nSPS) is 10.6. The van der Waals surface area contributed by atoms with Gasteiger partial charge in [-0.3, -0.25) is 0 Å². The van der Waals surface area contributed by atoms with Crippen molar-refractivity contribution >= 4 is 35.0 Å². The van der Waals surface area contributed by atoms with Gasteiger partial charge in [0.1, 0.15) is 0 Å². The van der Waals surface area contributed by atoms with Crippen molar-refractivity contribution in [3.63, 3.8) is 0 Å². The number of benzene rings is 2. The van der Waals surface area contributed by atoms with Crippen LogP contribution in [-0.2, 0) is 6.54 Å². The number of halogens is 2. The molecule has 0 heterocycles. The summed E-state index contributed by atoms with van der Waals surface area (Å²) in [5.41, 5.74) is 1.26. The van der Waals surface area contributed by atoms with E-state index in [-0.39, 0.29) is 0 Å². The van der Waals surface area contributed by atoms with E-state index in [1.54, 1.807) is 17.8 Å². The molecule has 0 aliphatic rings. The van der Waals surface area contributed by atoms with Gasteiger partial charge in [0.15, 0.2) is 0 Å². The predicted molar refractivity (Wildman–Crippen MR) is 79.8 cm³/mol. The Bertz CT molecular complexity index is 526. The number of nitrogens with one attached hydrogen (secondary N) is 1. The fraction of sp³-hybridized carbons (Fsp3) is 0.143. The molecule has 1 N–H and O–H groups in total. The Balaban J connectivity index is 2.15. The second-order valence-electron chi connectivity index (χ2n) is 3.85. The zero-order chi connectivity index (χ0) is 13.0. The van der Waals surface area contributed by atoms with Crippen LogP contribution in [0.5, 0.6) is 0 Å². The van der Waals surface area contributed by atoms with Gasteiger partial charge >= 0.3 is 0 Å². The summed E-state index contributed by atoms with van der Waals surface area (Å²) in [5.74, 6) is 0. The smallest absolute Gasteiger partial charge is 0.0546 e. The Morgan fingerprint density at radius 3 is 2.44 bits per heavy atom. The Hall–Kier alpha value is -0.670. The van der Waals surface area contributed by atoms with Gasteiger partial charge in [-0.2, -0.15) is 0 Å². The van der Waals surface area contributed by atoms with E-state index in [9.17, 15) is 0 Å². The third-order valence-corrected chi connectivity index (χ3v) is 4.17. The maximum atomic E-state index is 6.14. The second-order valence-corrected chi connectivity index (χ2v) is 5.81. The van der Waals surface area contributed by atoms with Crippen molar-refractivity contribution in [2.45, 2.75) is 16.3 Å². The molecule has 1 nitrogen and oxygen atoms in total. The fourth-order valence-electron chi connectivity index (χ4n) is 1.56. The number of rotatable bonds is 4. The van der Waals surface area contributed by atoms with Crippen molar-refractivity contribution in [3.05, 3.63) is 58.1 Å². The van der Waals surface area contributed by atoms with E-state index in [0.29, 0.717) is 5.02 Å². The Morgan fingerprint density at radius 2 is 1.78 bits per heavy atom. The molecule has 0 saturated heterocycles. The summed E-state index contributed by atoms with van der Waals surface area (Å²) < 4.78 is 0. The van der Waals surface area contributed by atoms with Gasteiger partial charge in [-0.15, -0.1) is 0 Å². The van der Waals surface area contributed by atoms with E-state index in [0.717, 1.165) is 21.4 Å². The highest BCUT2D eigenvalue weighted by Crippen LogP contribution is 2.35. The standard InChI is InChI=1S/C14H13Cl2NS/c1-17-9-10-2-5-12(6-3-10)18-14-8-11(15)4-7-13(14)16/h2-8,17H,9H2,1H3. The lowest BCUT2D eigenvalue weighted by Crippen LogP contribution is -2.04. The number of hydrogen-bond donors (Lipinski definition) is 1. The average Bonchev–Trinajstić information content (AvgIpc) is 2.37. The summed E-state index contributed by atoms with van der Waals surface area (Å²) in [6.45, 7) is 0.878. The largest absolute Gasteiger partial charge is 0.316 e. The zero-order valence-electron chi connectivity index (χ0n) is 9.91. The van der Waals surface area contributed by atoms with Crippen LogP contribution in [0, 0.1) is 0 Å². The molecule has 2 aromatic carbocycles. The highest BCUT2D eigenvalue weighted by Gasteiger charge is 2.04. The van der Waals surface area contributed by atoms with Crippen LogP contribution in [0.15, 0.2) is 52.3 Å². The molecule has 0 aliphatic heterocycles. The fourth-order valence-corrected chi connectivity index (χ4v) is 2.91. The maximum Gasteiger partial charge on any atom is 0.0546 e. The van der Waals surface area contributed by atoms with Crippen LogP contribution in [-0.4, -0.2) is 7.05 Å². The highest BCUT2D eigenvalue weighted by molar-refractivity contribution is 7.99. The van der Waals surface area contributed by atoms with Crippen molar-refractivity contribution in [2.75, 3.05) is 7.05 Å². The van der Waals surface area contributed by atoms with Crippen LogP contribution in [0.1, 0.15) is 5.56 Å². The van der Waals surface area contributed by atoms with E-state index in [1.165, 1.54) is 5.56 Å². The maximum absolute atomic E-state index is 6.14. The van der Waals surface area contributed by atoms with Gasteiger partial charge in [0.05, 0.1) is 5.02 Å². The van der Waals surface area contributed by atoms with E-state index >= 15 is 0 Å². The van der Waals surface area contributed by atoms with E-state index in [4.69, 9.17) is 23.2 Å². The molecule has 4 heteroatoms. The van der Waals surface area contributed by atoms with Crippen LogP contribution in [0.4, 0.5) is 0 Å². The molecule has 0 atom stereocenters. The van der Waals surface area contributed by atoms with E-state index in [1.807, 2.05) is 19.2 Å². The lowest BCUT2D eigenvalue weighted by Gasteiger charge is -2.06. The molecule has 2 aromatic rings. The lowest BCUT2D eigenvalue weighted by molar-refractivity contribution is 0.817. The van der Waals surface area contributed by atoms with Crippen LogP contribution in [0.2, 0.25) is 10.0 Å². The molecular weight excluding hydrogens is 285 g/mol. The quantitative estimate of drug-likeness (QED) is 0.864. The van der Waals surface area contributed by atoms with Crippen LogP contribution in [0.3, 0.4) is 0 Å². The van der Waals surface area contributed by atoms with E-state index < -0.39 is 0 Å². The van der Waals surface area contributed by atoms with Gasteiger partial charge in [-0.1, -0.05) is 47.1 Å². The third kappa shape index (κ3) is 3.66. The van der Waals surface area contributed by atoms with Crippen molar-refractivity contribution in [2.24, 2.45) is 0 Å². The molecule has 0 radical (unpaired) electrons. The van der Waals surface area contributed by atoms with Crippen molar-refractivity contribution in [1.29, 1.82) is 0 Å². The molecule has 18 heavy (non-hydrogen) atoms. The predicted octanol–water partition coefficient (Wildman–Crippen LogP) is 4.86. The topological polar surface area (TPSA) is 12.0 Å². The minimum Gasteiger partial charge on any atom is -0.316 e. The molecule has 94 valence electrons. The summed E-state index contributed by atoms with van der Waals surface area (Å²) in [6, 6.07) is 13.9. The van der Waals surface area contributed by atoms with Crippen LogP contribution in [0.25, 0.3) is 0 Å². The van der Waals surface area contributed by atoms with Crippen molar-refractivity contribution < 1.29 is 0 Å². The molecule has 0 fully saturated rings. The molecule has 0 aliphatic carbocycles. The van der Waals surface area contributed by atoms with Crippen LogP contribution < -0.4 is 5.32 Å². The average molecular weight is 298 g/mol. The summed E-state index contributed by atoms with van der Waals surface area (Å²) in [4.78, 5) is 2.13. The summed E-state index contributed by atoms with van der Waals surface area (Å²) >= 11 is 13.7. The van der Waals surface area contributed by atoms with Gasteiger partial charge < -0.3 is 5.32 Å². The molecule has 2 rings (SSSR count). The van der Waals surface area contributed by atoms with Crippen LogP contribution >= 0.6 is 35.0 Å². The molecule has 0 spiro atoms. The Labute approximate surface area is 121 Å². The molecule has 0 unspecified atom stereocenters. The summed E-state index contributed by atoms with van der Waals surface area (Å²) in [5, 5.41) is 4.55. The molecule has 0 aromatic heterocycles. The number of hydrogen-bond acceptors (Lipinski definition) is 2.